The fraction of sp³-hybridized carbons (Fsp3) is 0.778. The Labute approximate surface area is 142 Å². The Morgan fingerprint density at radius 1 is 1.17 bits per heavy atom. The minimum atomic E-state index is 0.266. The molecule has 2 aliphatic heterocycles. The van der Waals surface area contributed by atoms with Crippen LogP contribution in [0.25, 0.3) is 0 Å². The van der Waals surface area contributed by atoms with Crippen molar-refractivity contribution in [2.75, 3.05) is 33.0 Å². The van der Waals surface area contributed by atoms with Crippen molar-refractivity contribution in [3.63, 3.8) is 0 Å². The highest BCUT2D eigenvalue weighted by molar-refractivity contribution is 7.07. The quantitative estimate of drug-likeness (QED) is 0.827. The first-order chi connectivity index (χ1) is 11.4. The van der Waals surface area contributed by atoms with E-state index in [1.165, 1.54) is 12.0 Å². The second-order valence-corrected chi connectivity index (χ2v) is 7.79. The molecule has 4 nitrogen and oxygen atoms in total. The summed E-state index contributed by atoms with van der Waals surface area (Å²) in [5, 5.41) is 4.43. The lowest BCUT2D eigenvalue weighted by Crippen LogP contribution is -2.51. The van der Waals surface area contributed by atoms with Gasteiger partial charge in [-0.2, -0.15) is 11.3 Å². The van der Waals surface area contributed by atoms with Crippen molar-refractivity contribution in [2.24, 2.45) is 5.92 Å². The van der Waals surface area contributed by atoms with E-state index in [0.29, 0.717) is 12.0 Å². The molecule has 23 heavy (non-hydrogen) atoms. The minimum Gasteiger partial charge on any atom is -0.381 e. The zero-order valence-electron chi connectivity index (χ0n) is 13.7. The van der Waals surface area contributed by atoms with Crippen LogP contribution >= 0.6 is 11.3 Å². The van der Waals surface area contributed by atoms with Gasteiger partial charge in [-0.05, 0) is 54.0 Å². The third-order valence-electron chi connectivity index (χ3n) is 5.50. The van der Waals surface area contributed by atoms with Crippen molar-refractivity contribution in [3.05, 3.63) is 22.4 Å². The van der Waals surface area contributed by atoms with Crippen molar-refractivity contribution < 1.29 is 14.2 Å². The average molecular weight is 337 g/mol. The van der Waals surface area contributed by atoms with Crippen LogP contribution in [0.15, 0.2) is 16.8 Å². The largest absolute Gasteiger partial charge is 0.381 e. The predicted molar refractivity (Wildman–Crippen MR) is 90.8 cm³/mol. The Morgan fingerprint density at radius 3 is 2.91 bits per heavy atom. The summed E-state index contributed by atoms with van der Waals surface area (Å²) in [7, 11) is 0. The van der Waals surface area contributed by atoms with Gasteiger partial charge in [0.2, 0.25) is 0 Å². The van der Waals surface area contributed by atoms with Gasteiger partial charge in [0, 0.05) is 32.3 Å². The standard InChI is InChI=1S/C18H27NO3S/c1-2-17(22-12-14-3-7-20-8-4-14)18-16(1)19(6-9-21-18)11-15-5-10-23-13-15/h5,10,13-14,16-18H,1-4,6-9,11-12H2/t16-,17+,18+/m0/s1. The summed E-state index contributed by atoms with van der Waals surface area (Å²) in [6, 6.07) is 2.77. The van der Waals surface area contributed by atoms with Gasteiger partial charge in [0.05, 0.1) is 25.4 Å². The monoisotopic (exact) mass is 337 g/mol. The first-order valence-electron chi connectivity index (χ1n) is 8.96. The molecule has 3 aliphatic rings. The second-order valence-electron chi connectivity index (χ2n) is 7.01. The lowest BCUT2D eigenvalue weighted by molar-refractivity contribution is -0.122. The number of hydrogen-bond donors (Lipinski definition) is 0. The average Bonchev–Trinajstić information content (AvgIpc) is 3.24. The summed E-state index contributed by atoms with van der Waals surface area (Å²) < 4.78 is 17.8. The van der Waals surface area contributed by atoms with Crippen LogP contribution in [0.1, 0.15) is 31.2 Å². The van der Waals surface area contributed by atoms with Gasteiger partial charge in [0.25, 0.3) is 0 Å². The summed E-state index contributed by atoms with van der Waals surface area (Å²) in [5.41, 5.74) is 1.43. The summed E-state index contributed by atoms with van der Waals surface area (Å²) in [5.74, 6) is 0.674. The first-order valence-corrected chi connectivity index (χ1v) is 9.90. The third-order valence-corrected chi connectivity index (χ3v) is 6.24. The molecule has 4 rings (SSSR count). The Morgan fingerprint density at radius 2 is 2.09 bits per heavy atom. The molecule has 5 heteroatoms. The Kier molecular flexibility index (Phi) is 5.31. The molecule has 0 radical (unpaired) electrons. The normalized spacial score (nSPS) is 33.0. The zero-order valence-corrected chi connectivity index (χ0v) is 14.5. The van der Waals surface area contributed by atoms with Crippen molar-refractivity contribution in [1.29, 1.82) is 0 Å². The number of hydrogen-bond acceptors (Lipinski definition) is 5. The molecule has 1 saturated carbocycles. The lowest BCUT2D eigenvalue weighted by Gasteiger charge is -2.39. The van der Waals surface area contributed by atoms with Gasteiger partial charge < -0.3 is 14.2 Å². The number of morpholine rings is 1. The number of thiophene rings is 1. The van der Waals surface area contributed by atoms with Gasteiger partial charge >= 0.3 is 0 Å². The third kappa shape index (κ3) is 3.80. The first kappa shape index (κ1) is 16.0. The number of ether oxygens (including phenoxy) is 3. The Balaban J connectivity index is 1.31. The van der Waals surface area contributed by atoms with Crippen molar-refractivity contribution in [3.8, 4) is 0 Å². The van der Waals surface area contributed by atoms with Gasteiger partial charge in [-0.15, -0.1) is 0 Å². The van der Waals surface area contributed by atoms with Crippen LogP contribution in [0, 0.1) is 5.92 Å². The van der Waals surface area contributed by atoms with Crippen molar-refractivity contribution >= 4 is 11.3 Å². The minimum absolute atomic E-state index is 0.266. The van der Waals surface area contributed by atoms with Crippen LogP contribution < -0.4 is 0 Å². The van der Waals surface area contributed by atoms with E-state index in [0.717, 1.165) is 58.8 Å². The lowest BCUT2D eigenvalue weighted by atomic mass is 10.0. The van der Waals surface area contributed by atoms with Crippen LogP contribution in [0.2, 0.25) is 0 Å². The molecule has 0 spiro atoms. The summed E-state index contributed by atoms with van der Waals surface area (Å²) in [6.07, 6.45) is 5.18. The SMILES string of the molecule is c1cc(CN2CCO[C@H]3[C@H](OCC4CCOCC4)CC[C@@H]32)cs1. The maximum atomic E-state index is 6.29. The smallest absolute Gasteiger partial charge is 0.0992 e. The molecule has 0 bridgehead atoms. The van der Waals surface area contributed by atoms with Gasteiger partial charge in [0.15, 0.2) is 0 Å². The highest BCUT2D eigenvalue weighted by Crippen LogP contribution is 2.33. The fourth-order valence-corrected chi connectivity index (χ4v) is 4.82. The van der Waals surface area contributed by atoms with Crippen LogP contribution in [0.5, 0.6) is 0 Å². The fourth-order valence-electron chi connectivity index (χ4n) is 4.16. The van der Waals surface area contributed by atoms with E-state index in [2.05, 4.69) is 21.7 Å². The van der Waals surface area contributed by atoms with E-state index in [-0.39, 0.29) is 12.2 Å². The molecule has 3 atom stereocenters. The molecule has 0 aromatic carbocycles. The molecule has 3 fully saturated rings. The molecule has 0 unspecified atom stereocenters. The van der Waals surface area contributed by atoms with E-state index in [4.69, 9.17) is 14.2 Å². The van der Waals surface area contributed by atoms with E-state index in [1.807, 2.05) is 0 Å². The summed E-state index contributed by atoms with van der Waals surface area (Å²) in [6.45, 7) is 5.61. The molecule has 1 aromatic heterocycles. The van der Waals surface area contributed by atoms with E-state index >= 15 is 0 Å². The van der Waals surface area contributed by atoms with Crippen molar-refractivity contribution in [1.82, 2.24) is 4.90 Å². The molecule has 2 saturated heterocycles. The van der Waals surface area contributed by atoms with Crippen LogP contribution in [0.3, 0.4) is 0 Å². The number of fused-ring (bicyclic) bond motifs is 1. The van der Waals surface area contributed by atoms with E-state index in [1.54, 1.807) is 11.3 Å². The zero-order chi connectivity index (χ0) is 15.5. The van der Waals surface area contributed by atoms with Gasteiger partial charge in [-0.25, -0.2) is 0 Å². The summed E-state index contributed by atoms with van der Waals surface area (Å²) in [4.78, 5) is 2.61. The van der Waals surface area contributed by atoms with Crippen LogP contribution in [-0.2, 0) is 20.8 Å². The van der Waals surface area contributed by atoms with Gasteiger partial charge in [-0.3, -0.25) is 4.90 Å². The maximum absolute atomic E-state index is 6.29. The van der Waals surface area contributed by atoms with E-state index in [9.17, 15) is 0 Å². The topological polar surface area (TPSA) is 30.9 Å². The van der Waals surface area contributed by atoms with Crippen molar-refractivity contribution in [2.45, 2.75) is 50.5 Å². The van der Waals surface area contributed by atoms with Gasteiger partial charge in [-0.1, -0.05) is 0 Å². The molecule has 0 amide bonds. The van der Waals surface area contributed by atoms with E-state index < -0.39 is 0 Å². The molecule has 3 heterocycles. The molecular formula is C18H27NO3S. The number of nitrogens with zero attached hydrogens (tertiary/aromatic N) is 1. The molecular weight excluding hydrogens is 310 g/mol. The molecule has 1 aromatic rings. The summed E-state index contributed by atoms with van der Waals surface area (Å²) >= 11 is 1.79. The predicted octanol–water partition coefficient (Wildman–Crippen LogP) is 2.92. The second kappa shape index (κ2) is 7.62. The highest BCUT2D eigenvalue weighted by atomic mass is 32.1. The van der Waals surface area contributed by atoms with Crippen LogP contribution in [0.4, 0.5) is 0 Å². The Bertz CT molecular complexity index is 475. The molecule has 0 N–H and O–H groups in total. The highest BCUT2D eigenvalue weighted by Gasteiger charge is 2.43. The molecule has 128 valence electrons. The molecule has 1 aliphatic carbocycles. The van der Waals surface area contributed by atoms with Gasteiger partial charge in [0.1, 0.15) is 0 Å². The Hall–Kier alpha value is -0.460. The maximum Gasteiger partial charge on any atom is 0.0992 e. The number of rotatable bonds is 5. The van der Waals surface area contributed by atoms with Crippen LogP contribution in [-0.4, -0.2) is 56.1 Å².